The molecule has 0 radical (unpaired) electrons. The van der Waals surface area contributed by atoms with Crippen LogP contribution in [0.3, 0.4) is 0 Å². The second kappa shape index (κ2) is 18.7. The first-order valence-electron chi connectivity index (χ1n) is 19.4. The molecule has 4 N–H and O–H groups in total. The highest BCUT2D eigenvalue weighted by Crippen LogP contribution is 2.22. The normalized spacial score (nSPS) is 15.4. The van der Waals surface area contributed by atoms with Crippen molar-refractivity contribution in [1.29, 1.82) is 0 Å². The first-order valence-corrected chi connectivity index (χ1v) is 19.4. The molecule has 2 saturated heterocycles. The molecule has 2 fully saturated rings. The van der Waals surface area contributed by atoms with Crippen LogP contribution < -0.4 is 31.1 Å². The molecule has 2 aliphatic rings. The lowest BCUT2D eigenvalue weighted by Gasteiger charge is -2.37. The smallest absolute Gasteiger partial charge is 0.414 e. The highest BCUT2D eigenvalue weighted by Gasteiger charge is 2.25. The molecule has 0 aromatic heterocycles. The van der Waals surface area contributed by atoms with E-state index in [9.17, 15) is 19.2 Å². The van der Waals surface area contributed by atoms with E-state index in [1.54, 1.807) is 38.4 Å². The van der Waals surface area contributed by atoms with E-state index < -0.39 is 23.4 Å². The van der Waals surface area contributed by atoms with Gasteiger partial charge in [0, 0.05) is 100 Å². The van der Waals surface area contributed by atoms with Crippen molar-refractivity contribution in [3.8, 4) is 0 Å². The summed E-state index contributed by atoms with van der Waals surface area (Å²) in [6.07, 6.45) is -1.07. The van der Waals surface area contributed by atoms with Crippen LogP contribution in [0.1, 0.15) is 62.3 Å². The number of piperazine rings is 2. The van der Waals surface area contributed by atoms with E-state index in [4.69, 9.17) is 9.47 Å². The van der Waals surface area contributed by atoms with Crippen molar-refractivity contribution in [2.75, 3.05) is 86.9 Å². The lowest BCUT2D eigenvalue weighted by Crippen LogP contribution is -2.54. The Labute approximate surface area is 340 Å². The number of hydrogen-bond acceptors (Lipinski definition) is 10. The maximum Gasteiger partial charge on any atom is 0.414 e. The van der Waals surface area contributed by atoms with Gasteiger partial charge in [0.15, 0.2) is 0 Å². The van der Waals surface area contributed by atoms with E-state index in [1.165, 1.54) is 0 Å². The molecule has 2 aliphatic heterocycles. The Morgan fingerprint density at radius 1 is 0.500 bits per heavy atom. The van der Waals surface area contributed by atoms with Crippen LogP contribution in [0, 0.1) is 0 Å². The second-order valence-electron chi connectivity index (χ2n) is 15.9. The van der Waals surface area contributed by atoms with Gasteiger partial charge in [0.2, 0.25) is 11.9 Å². The van der Waals surface area contributed by atoms with Gasteiger partial charge >= 0.3 is 12.2 Å². The van der Waals surface area contributed by atoms with Gasteiger partial charge in [0.25, 0.3) is 11.8 Å². The largest absolute Gasteiger partial charge is 0.444 e. The maximum absolute atomic E-state index is 13.1. The monoisotopic (exact) mass is 796 g/mol. The minimum absolute atomic E-state index is 0.286. The van der Waals surface area contributed by atoms with Crippen LogP contribution in [0.15, 0.2) is 82.8 Å². The summed E-state index contributed by atoms with van der Waals surface area (Å²) in [6.45, 7) is 16.4. The molecule has 0 saturated carbocycles. The number of hydrogen-bond donors (Lipinski definition) is 4. The second-order valence-corrected chi connectivity index (χ2v) is 15.9. The number of aliphatic imine (C=N–C) groups is 2. The van der Waals surface area contributed by atoms with E-state index in [-0.39, 0.29) is 11.8 Å². The number of ether oxygens (including phenoxy) is 2. The summed E-state index contributed by atoms with van der Waals surface area (Å²) in [5.41, 5.74) is 2.98. The predicted molar refractivity (Wildman–Crippen MR) is 228 cm³/mol. The maximum atomic E-state index is 13.1. The molecule has 0 aliphatic carbocycles. The number of benzene rings is 3. The lowest BCUT2D eigenvalue weighted by molar-refractivity contribution is 0.0544. The van der Waals surface area contributed by atoms with Crippen LogP contribution in [0.25, 0.3) is 0 Å². The van der Waals surface area contributed by atoms with Gasteiger partial charge in [-0.15, -0.1) is 0 Å². The van der Waals surface area contributed by atoms with Crippen LogP contribution in [-0.2, 0) is 9.47 Å². The summed E-state index contributed by atoms with van der Waals surface area (Å²) < 4.78 is 10.7. The molecule has 3 aromatic carbocycles. The fourth-order valence-electron chi connectivity index (χ4n) is 6.39. The summed E-state index contributed by atoms with van der Waals surface area (Å²) in [5, 5.41) is 11.4. The van der Waals surface area contributed by atoms with E-state index in [1.807, 2.05) is 99.9 Å². The molecule has 3 aromatic rings. The summed E-state index contributed by atoms with van der Waals surface area (Å²) in [7, 11) is 3.28. The van der Waals surface area contributed by atoms with E-state index in [2.05, 4.69) is 41.1 Å². The number of amides is 4. The standard InChI is InChI=1S/C42H56N10O6/c1-41(2,3)57-39(55)47-37(43-7)51-25-21-49(22-26-51)33-17-13-31(14-18-33)45-35(53)29-9-11-30(12-10-29)36(54)46-32-15-19-34(20-16-32)50-23-27-52(28-24-50)38(44-8)48-40(56)58-42(4,5)6/h9-20H,21-28H2,1-8H3,(H,45,53)(H,46,54)(H,43,47,55)(H,44,48,56). The predicted octanol–water partition coefficient (Wildman–Crippen LogP) is 5.46. The zero-order chi connectivity index (χ0) is 42.0. The summed E-state index contributed by atoms with van der Waals surface area (Å²) in [5.74, 6) is 0.380. The van der Waals surface area contributed by atoms with Crippen molar-refractivity contribution < 1.29 is 28.7 Å². The topological polar surface area (TPSA) is 173 Å². The molecule has 0 unspecified atom stereocenters. The molecule has 2 heterocycles. The molecular formula is C42H56N10O6. The third-order valence-electron chi connectivity index (χ3n) is 9.20. The van der Waals surface area contributed by atoms with Crippen LogP contribution in [-0.4, -0.2) is 123 Å². The Morgan fingerprint density at radius 2 is 0.810 bits per heavy atom. The average Bonchev–Trinajstić information content (AvgIpc) is 3.18. The molecule has 0 spiro atoms. The Bertz CT molecular complexity index is 1810. The van der Waals surface area contributed by atoms with Crippen LogP contribution in [0.5, 0.6) is 0 Å². The fourth-order valence-corrected chi connectivity index (χ4v) is 6.39. The Morgan fingerprint density at radius 3 is 1.09 bits per heavy atom. The van der Waals surface area contributed by atoms with Crippen molar-refractivity contribution in [2.45, 2.75) is 52.7 Å². The molecule has 310 valence electrons. The molecule has 16 heteroatoms. The SMILES string of the molecule is CN=C(NC(=O)OC(C)(C)C)N1CCN(c2ccc(NC(=O)c3ccc(C(=O)Nc4ccc(N5CCN(C(=NC)NC(=O)OC(C)(C)C)CC5)cc4)cc3)cc2)CC1. The van der Waals surface area contributed by atoms with E-state index in [0.717, 1.165) is 37.6 Å². The van der Waals surface area contributed by atoms with Crippen LogP contribution in [0.4, 0.5) is 32.3 Å². The van der Waals surface area contributed by atoms with Crippen molar-refractivity contribution in [3.05, 3.63) is 83.9 Å². The number of nitrogens with zero attached hydrogens (tertiary/aromatic N) is 6. The van der Waals surface area contributed by atoms with Gasteiger partial charge in [-0.3, -0.25) is 30.2 Å². The molecule has 58 heavy (non-hydrogen) atoms. The highest BCUT2D eigenvalue weighted by molar-refractivity contribution is 6.07. The fraction of sp³-hybridized carbons (Fsp3) is 0.429. The Kier molecular flexibility index (Phi) is 13.8. The summed E-state index contributed by atoms with van der Waals surface area (Å²) in [6, 6.07) is 21.8. The molecule has 16 nitrogen and oxygen atoms in total. The quantitative estimate of drug-likeness (QED) is 0.186. The molecule has 0 atom stereocenters. The van der Waals surface area contributed by atoms with Gasteiger partial charge in [-0.2, -0.15) is 0 Å². The zero-order valence-electron chi connectivity index (χ0n) is 34.7. The minimum atomic E-state index is -0.601. The van der Waals surface area contributed by atoms with Gasteiger partial charge in [-0.05, 0) is 114 Å². The third-order valence-corrected chi connectivity index (χ3v) is 9.20. The van der Waals surface area contributed by atoms with Crippen molar-refractivity contribution in [2.24, 2.45) is 9.98 Å². The average molecular weight is 797 g/mol. The Hall–Kier alpha value is -6.32. The highest BCUT2D eigenvalue weighted by atomic mass is 16.6. The van der Waals surface area contributed by atoms with Gasteiger partial charge in [-0.1, -0.05) is 0 Å². The van der Waals surface area contributed by atoms with Crippen molar-refractivity contribution in [1.82, 2.24) is 20.4 Å². The summed E-state index contributed by atoms with van der Waals surface area (Å²) in [4.78, 5) is 67.6. The van der Waals surface area contributed by atoms with Gasteiger partial charge in [-0.25, -0.2) is 9.59 Å². The third kappa shape index (κ3) is 12.3. The van der Waals surface area contributed by atoms with Crippen molar-refractivity contribution in [3.63, 3.8) is 0 Å². The number of nitrogens with one attached hydrogen (secondary N) is 4. The number of carbonyl (C=O) groups is 4. The zero-order valence-corrected chi connectivity index (χ0v) is 34.7. The first-order chi connectivity index (χ1) is 27.5. The lowest BCUT2D eigenvalue weighted by atomic mass is 10.1. The Balaban J connectivity index is 1.05. The van der Waals surface area contributed by atoms with Gasteiger partial charge < -0.3 is 39.7 Å². The van der Waals surface area contributed by atoms with E-state index in [0.29, 0.717) is 60.6 Å². The number of carbonyl (C=O) groups excluding carboxylic acids is 4. The van der Waals surface area contributed by atoms with Gasteiger partial charge in [0.1, 0.15) is 11.2 Å². The van der Waals surface area contributed by atoms with Crippen LogP contribution >= 0.6 is 0 Å². The number of rotatable bonds is 6. The minimum Gasteiger partial charge on any atom is -0.444 e. The van der Waals surface area contributed by atoms with Crippen molar-refractivity contribution >= 4 is 58.7 Å². The van der Waals surface area contributed by atoms with Crippen LogP contribution in [0.2, 0.25) is 0 Å². The number of anilines is 4. The molecule has 5 rings (SSSR count). The number of guanidine groups is 2. The molecule has 4 amide bonds. The molecule has 0 bridgehead atoms. The first kappa shape index (κ1) is 42.8. The summed E-state index contributed by atoms with van der Waals surface area (Å²) >= 11 is 0. The molecular weight excluding hydrogens is 741 g/mol. The number of alkyl carbamates (subject to hydrolysis) is 2. The van der Waals surface area contributed by atoms with E-state index >= 15 is 0 Å². The van der Waals surface area contributed by atoms with Gasteiger partial charge in [0.05, 0.1) is 0 Å².